The van der Waals surface area contributed by atoms with Crippen molar-refractivity contribution >= 4 is 32.8 Å². The second-order valence-corrected chi connectivity index (χ2v) is 5.61. The highest BCUT2D eigenvalue weighted by Crippen LogP contribution is 2.40. The summed E-state index contributed by atoms with van der Waals surface area (Å²) in [5.41, 5.74) is 1.42. The molecule has 4 rings (SSSR count). The van der Waals surface area contributed by atoms with E-state index in [1.165, 1.54) is 11.3 Å². The van der Waals surface area contributed by atoms with E-state index in [1.54, 1.807) is 6.92 Å². The van der Waals surface area contributed by atoms with Crippen LogP contribution >= 0.6 is 11.3 Å². The molecule has 4 heterocycles. The van der Waals surface area contributed by atoms with Crippen LogP contribution in [0.4, 0.5) is 5.00 Å². The van der Waals surface area contributed by atoms with Crippen LogP contribution < -0.4 is 10.5 Å². The van der Waals surface area contributed by atoms with E-state index in [4.69, 9.17) is 4.42 Å². The molecule has 2 aromatic heterocycles. The van der Waals surface area contributed by atoms with E-state index in [9.17, 15) is 4.79 Å². The van der Waals surface area contributed by atoms with E-state index in [1.807, 2.05) is 6.21 Å². The fraction of sp³-hybridized carbons (Fsp3) is 0.417. The van der Waals surface area contributed by atoms with Gasteiger partial charge in [0, 0.05) is 19.7 Å². The topological polar surface area (TPSA) is 58.7 Å². The number of aliphatic imine (C=N–C) groups is 1. The second-order valence-electron chi connectivity index (χ2n) is 4.61. The molecule has 0 bridgehead atoms. The maximum absolute atomic E-state index is 11.9. The molecule has 0 radical (unpaired) electrons. The van der Waals surface area contributed by atoms with Gasteiger partial charge < -0.3 is 9.32 Å². The molecule has 92 valence electrons. The maximum Gasteiger partial charge on any atom is 0.357 e. The van der Waals surface area contributed by atoms with E-state index >= 15 is 0 Å². The molecule has 0 amide bonds. The molecular formula is C12H11N3O2S. The van der Waals surface area contributed by atoms with Crippen LogP contribution in [0.2, 0.25) is 0 Å². The summed E-state index contributed by atoms with van der Waals surface area (Å²) in [6.07, 6.45) is 4.35. The minimum Gasteiger partial charge on any atom is -0.408 e. The van der Waals surface area contributed by atoms with Crippen LogP contribution in [0.3, 0.4) is 0 Å². The minimum absolute atomic E-state index is 0.249. The molecule has 1 saturated heterocycles. The maximum atomic E-state index is 11.9. The van der Waals surface area contributed by atoms with E-state index in [0.717, 1.165) is 35.5 Å². The number of hydrogen-bond acceptors (Lipinski definition) is 6. The monoisotopic (exact) mass is 261 g/mol. The summed E-state index contributed by atoms with van der Waals surface area (Å²) in [5.74, 6) is 0.407. The van der Waals surface area contributed by atoms with E-state index in [-0.39, 0.29) is 11.8 Å². The Kier molecular flexibility index (Phi) is 1.94. The van der Waals surface area contributed by atoms with Crippen LogP contribution in [0, 0.1) is 6.92 Å². The van der Waals surface area contributed by atoms with Gasteiger partial charge in [-0.15, -0.1) is 11.3 Å². The number of rotatable bonds is 0. The summed E-state index contributed by atoms with van der Waals surface area (Å²) >= 11 is 1.48. The zero-order valence-electron chi connectivity index (χ0n) is 9.84. The lowest BCUT2D eigenvalue weighted by Gasteiger charge is -2.25. The number of hydrogen-bond donors (Lipinski definition) is 0. The molecule has 0 spiro atoms. The van der Waals surface area contributed by atoms with E-state index < -0.39 is 0 Å². The third kappa shape index (κ3) is 1.23. The van der Waals surface area contributed by atoms with Gasteiger partial charge in [-0.05, 0) is 12.8 Å². The summed E-state index contributed by atoms with van der Waals surface area (Å²) in [7, 11) is 0. The molecule has 0 unspecified atom stereocenters. The average molecular weight is 261 g/mol. The SMILES string of the molecule is Cc1nc2c3c(sc2c(=O)o1)N1CCC[C@@H]1N=C3. The summed E-state index contributed by atoms with van der Waals surface area (Å²) in [5, 5.41) is 1.12. The number of nitrogens with zero attached hydrogens (tertiary/aromatic N) is 3. The third-order valence-electron chi connectivity index (χ3n) is 3.45. The Bertz CT molecular complexity index is 731. The Morgan fingerprint density at radius 1 is 1.56 bits per heavy atom. The number of fused-ring (bicyclic) bond motifs is 5. The Morgan fingerprint density at radius 2 is 2.44 bits per heavy atom. The highest BCUT2D eigenvalue weighted by Gasteiger charge is 2.31. The first kappa shape index (κ1) is 10.3. The first-order valence-electron chi connectivity index (χ1n) is 5.98. The van der Waals surface area contributed by atoms with Crippen molar-refractivity contribution in [1.82, 2.24) is 4.98 Å². The smallest absolute Gasteiger partial charge is 0.357 e. The van der Waals surface area contributed by atoms with Crippen molar-refractivity contribution in [3.8, 4) is 0 Å². The predicted octanol–water partition coefficient (Wildman–Crippen LogP) is 1.92. The number of anilines is 1. The fourth-order valence-corrected chi connectivity index (χ4v) is 3.83. The molecule has 1 fully saturated rings. The highest BCUT2D eigenvalue weighted by atomic mass is 32.1. The highest BCUT2D eigenvalue weighted by molar-refractivity contribution is 7.23. The van der Waals surface area contributed by atoms with Crippen LogP contribution in [0.15, 0.2) is 14.2 Å². The standard InChI is InChI=1S/C12H11N3O2S/c1-6-14-9-7-5-13-8-3-2-4-15(8)11(7)18-10(9)12(16)17-6/h5,8H,2-4H2,1H3/t8-/m1/s1. The predicted molar refractivity (Wildman–Crippen MR) is 70.9 cm³/mol. The molecular weight excluding hydrogens is 250 g/mol. The van der Waals surface area contributed by atoms with E-state index in [2.05, 4.69) is 14.9 Å². The van der Waals surface area contributed by atoms with Gasteiger partial charge in [-0.1, -0.05) is 0 Å². The van der Waals surface area contributed by atoms with Gasteiger partial charge in [0.15, 0.2) is 5.89 Å². The summed E-state index contributed by atoms with van der Waals surface area (Å²) in [4.78, 5) is 23.0. The first-order chi connectivity index (χ1) is 8.74. The normalized spacial score (nSPS) is 21.4. The van der Waals surface area contributed by atoms with Crippen LogP contribution in [0.25, 0.3) is 10.2 Å². The van der Waals surface area contributed by atoms with Gasteiger partial charge in [-0.2, -0.15) is 0 Å². The Morgan fingerprint density at radius 3 is 3.33 bits per heavy atom. The second kappa shape index (κ2) is 3.41. The van der Waals surface area contributed by atoms with Gasteiger partial charge in [-0.25, -0.2) is 9.78 Å². The van der Waals surface area contributed by atoms with Crippen molar-refractivity contribution in [1.29, 1.82) is 0 Å². The van der Waals surface area contributed by atoms with Gasteiger partial charge in [0.05, 0.1) is 5.56 Å². The molecule has 0 aliphatic carbocycles. The zero-order valence-corrected chi connectivity index (χ0v) is 10.7. The van der Waals surface area contributed by atoms with Crippen molar-refractivity contribution in [2.75, 3.05) is 11.4 Å². The van der Waals surface area contributed by atoms with Crippen molar-refractivity contribution in [3.05, 3.63) is 21.9 Å². The summed E-state index contributed by atoms with van der Waals surface area (Å²) in [6.45, 7) is 2.70. The number of aryl methyl sites for hydroxylation is 1. The number of aromatic nitrogens is 1. The first-order valence-corrected chi connectivity index (χ1v) is 6.80. The van der Waals surface area contributed by atoms with Gasteiger partial charge in [-0.3, -0.25) is 4.99 Å². The fourth-order valence-electron chi connectivity index (χ4n) is 2.66. The van der Waals surface area contributed by atoms with Crippen molar-refractivity contribution < 1.29 is 4.42 Å². The van der Waals surface area contributed by atoms with Gasteiger partial charge >= 0.3 is 5.63 Å². The molecule has 1 atom stereocenters. The Hall–Kier alpha value is -1.69. The Labute approximate surface area is 107 Å². The lowest BCUT2D eigenvalue weighted by molar-refractivity contribution is 0.468. The molecule has 18 heavy (non-hydrogen) atoms. The van der Waals surface area contributed by atoms with Crippen molar-refractivity contribution in [2.24, 2.45) is 4.99 Å². The largest absolute Gasteiger partial charge is 0.408 e. The molecule has 2 aromatic rings. The van der Waals surface area contributed by atoms with Crippen LogP contribution in [0.5, 0.6) is 0 Å². The molecule has 2 aliphatic rings. The third-order valence-corrected chi connectivity index (χ3v) is 4.66. The summed E-state index contributed by atoms with van der Waals surface area (Å²) in [6, 6.07) is 0. The zero-order chi connectivity index (χ0) is 12.3. The minimum atomic E-state index is -0.291. The molecule has 2 aliphatic heterocycles. The quantitative estimate of drug-likeness (QED) is 0.727. The van der Waals surface area contributed by atoms with Gasteiger partial charge in [0.25, 0.3) is 0 Å². The molecule has 6 heteroatoms. The number of thiophene rings is 1. The average Bonchev–Trinajstić information content (AvgIpc) is 2.91. The lowest BCUT2D eigenvalue weighted by Crippen LogP contribution is -2.30. The molecule has 0 aromatic carbocycles. The van der Waals surface area contributed by atoms with Gasteiger partial charge in [0.2, 0.25) is 0 Å². The lowest BCUT2D eigenvalue weighted by atomic mass is 10.2. The van der Waals surface area contributed by atoms with Crippen LogP contribution in [-0.2, 0) is 0 Å². The van der Waals surface area contributed by atoms with Crippen LogP contribution in [0.1, 0.15) is 24.3 Å². The molecule has 0 N–H and O–H groups in total. The molecule has 0 saturated carbocycles. The molecule has 5 nitrogen and oxygen atoms in total. The van der Waals surface area contributed by atoms with Gasteiger partial charge in [0.1, 0.15) is 21.4 Å². The Balaban J connectivity index is 2.07. The van der Waals surface area contributed by atoms with Crippen LogP contribution in [-0.4, -0.2) is 23.9 Å². The van der Waals surface area contributed by atoms with Crippen molar-refractivity contribution in [3.63, 3.8) is 0 Å². The van der Waals surface area contributed by atoms with E-state index in [0.29, 0.717) is 10.6 Å². The summed E-state index contributed by atoms with van der Waals surface area (Å²) < 4.78 is 5.66. The van der Waals surface area contributed by atoms with Crippen molar-refractivity contribution in [2.45, 2.75) is 25.9 Å².